The van der Waals surface area contributed by atoms with E-state index in [1.807, 2.05) is 0 Å². The molecule has 1 heterocycles. The van der Waals surface area contributed by atoms with Crippen molar-refractivity contribution in [1.29, 1.82) is 0 Å². The molecule has 0 radical (unpaired) electrons. The van der Waals surface area contributed by atoms with Gasteiger partial charge in [0.15, 0.2) is 0 Å². The highest BCUT2D eigenvalue weighted by Crippen LogP contribution is 2.56. The molecule has 1 nitrogen and oxygen atoms in total. The molecule has 2 fully saturated rings. The molecule has 1 unspecified atom stereocenters. The lowest BCUT2D eigenvalue weighted by Gasteiger charge is -2.38. The van der Waals surface area contributed by atoms with Crippen molar-refractivity contribution in [3.05, 3.63) is 41.0 Å². The minimum absolute atomic E-state index is 0.0506. The summed E-state index contributed by atoms with van der Waals surface area (Å²) < 4.78 is 5.90. The fourth-order valence-electron chi connectivity index (χ4n) is 3.36. The Hall–Kier alpha value is -1.08. The maximum Gasteiger partial charge on any atom is 0.118 e. The summed E-state index contributed by atoms with van der Waals surface area (Å²) in [6.45, 7) is 7.76. The smallest absolute Gasteiger partial charge is 0.118 e. The normalized spacial score (nSPS) is 31.8. The van der Waals surface area contributed by atoms with Crippen molar-refractivity contribution >= 4 is 6.08 Å². The van der Waals surface area contributed by atoms with Crippen molar-refractivity contribution in [1.82, 2.24) is 0 Å². The van der Waals surface area contributed by atoms with Crippen LogP contribution in [0.3, 0.4) is 0 Å². The first kappa shape index (κ1) is 12.0. The zero-order valence-corrected chi connectivity index (χ0v) is 11.6. The number of benzene rings is 1. The third kappa shape index (κ3) is 1.81. The van der Waals surface area contributed by atoms with E-state index in [1.165, 1.54) is 36.0 Å². The zero-order chi connectivity index (χ0) is 12.8. The molecule has 1 aliphatic heterocycles. The van der Waals surface area contributed by atoms with Crippen LogP contribution in [0.15, 0.2) is 29.8 Å². The Labute approximate surface area is 110 Å². The van der Waals surface area contributed by atoms with Crippen molar-refractivity contribution in [2.75, 3.05) is 6.61 Å². The van der Waals surface area contributed by atoms with Gasteiger partial charge < -0.3 is 4.74 Å². The second-order valence-electron chi connectivity index (χ2n) is 6.44. The molecule has 1 aromatic rings. The average Bonchev–Trinajstić information content (AvgIpc) is 3.07. The first-order chi connectivity index (χ1) is 8.53. The molecule has 3 rings (SSSR count). The first-order valence-corrected chi connectivity index (χ1v) is 6.95. The van der Waals surface area contributed by atoms with E-state index in [0.717, 1.165) is 6.61 Å². The summed E-state index contributed by atoms with van der Waals surface area (Å²) in [5.74, 6) is 0. The molecule has 1 saturated heterocycles. The van der Waals surface area contributed by atoms with Gasteiger partial charge in [-0.1, -0.05) is 49.8 Å². The number of aryl methyl sites for hydroxylation is 1. The van der Waals surface area contributed by atoms with Crippen molar-refractivity contribution in [2.24, 2.45) is 5.41 Å². The number of ether oxygens (including phenoxy) is 1. The fraction of sp³-hybridized carbons (Fsp3) is 0.529. The Bertz CT molecular complexity index is 492. The second-order valence-corrected chi connectivity index (χ2v) is 6.44. The van der Waals surface area contributed by atoms with Gasteiger partial charge in [0.2, 0.25) is 0 Å². The van der Waals surface area contributed by atoms with Gasteiger partial charge in [-0.15, -0.1) is 0 Å². The highest BCUT2D eigenvalue weighted by atomic mass is 16.6. The van der Waals surface area contributed by atoms with Crippen LogP contribution >= 0.6 is 0 Å². The molecule has 96 valence electrons. The first-order valence-electron chi connectivity index (χ1n) is 6.95. The Morgan fingerprint density at radius 3 is 2.72 bits per heavy atom. The van der Waals surface area contributed by atoms with Crippen LogP contribution in [0, 0.1) is 12.3 Å². The van der Waals surface area contributed by atoms with Gasteiger partial charge in [-0.3, -0.25) is 0 Å². The third-order valence-corrected chi connectivity index (χ3v) is 4.68. The Kier molecular flexibility index (Phi) is 2.63. The van der Waals surface area contributed by atoms with Crippen molar-refractivity contribution in [3.63, 3.8) is 0 Å². The third-order valence-electron chi connectivity index (χ3n) is 4.68. The molecule has 1 heteroatoms. The highest BCUT2D eigenvalue weighted by Gasteiger charge is 2.59. The number of hydrogen-bond donors (Lipinski definition) is 0. The van der Waals surface area contributed by atoms with Crippen LogP contribution in [0.2, 0.25) is 0 Å². The van der Waals surface area contributed by atoms with Gasteiger partial charge in [0, 0.05) is 0 Å². The summed E-state index contributed by atoms with van der Waals surface area (Å²) in [6, 6.07) is 8.73. The van der Waals surface area contributed by atoms with Crippen LogP contribution in [0.5, 0.6) is 0 Å². The summed E-state index contributed by atoms with van der Waals surface area (Å²) >= 11 is 0. The quantitative estimate of drug-likeness (QED) is 0.667. The van der Waals surface area contributed by atoms with Crippen molar-refractivity contribution < 1.29 is 4.74 Å². The molecule has 1 spiro atoms. The predicted molar refractivity (Wildman–Crippen MR) is 75.5 cm³/mol. The van der Waals surface area contributed by atoms with E-state index in [0.29, 0.717) is 5.41 Å². The molecule has 0 aromatic heterocycles. The van der Waals surface area contributed by atoms with E-state index in [2.05, 4.69) is 51.1 Å². The van der Waals surface area contributed by atoms with E-state index >= 15 is 0 Å². The van der Waals surface area contributed by atoms with E-state index in [-0.39, 0.29) is 5.60 Å². The van der Waals surface area contributed by atoms with Crippen LogP contribution in [0.4, 0.5) is 0 Å². The lowest BCUT2D eigenvalue weighted by Crippen LogP contribution is -2.38. The van der Waals surface area contributed by atoms with Crippen LogP contribution in [-0.4, -0.2) is 12.2 Å². The SMILES string of the molecule is Cc1cccc(C=C2CCCC(C)(C)C23CO3)c1. The largest absolute Gasteiger partial charge is 0.364 e. The van der Waals surface area contributed by atoms with Crippen molar-refractivity contribution in [2.45, 2.75) is 45.6 Å². The number of epoxide rings is 1. The van der Waals surface area contributed by atoms with E-state index in [1.54, 1.807) is 0 Å². The maximum absolute atomic E-state index is 5.90. The summed E-state index contributed by atoms with van der Waals surface area (Å²) in [5, 5.41) is 0. The summed E-state index contributed by atoms with van der Waals surface area (Å²) in [5.41, 5.74) is 4.49. The molecule has 0 amide bonds. The number of hydrogen-bond acceptors (Lipinski definition) is 1. The van der Waals surface area contributed by atoms with Gasteiger partial charge in [0.05, 0.1) is 6.61 Å². The van der Waals surface area contributed by atoms with Gasteiger partial charge >= 0.3 is 0 Å². The van der Waals surface area contributed by atoms with Gasteiger partial charge in [0.1, 0.15) is 5.60 Å². The fourth-order valence-corrected chi connectivity index (χ4v) is 3.36. The average molecular weight is 242 g/mol. The molecule has 2 aliphatic rings. The van der Waals surface area contributed by atoms with Gasteiger partial charge in [0.25, 0.3) is 0 Å². The Balaban J connectivity index is 1.97. The van der Waals surface area contributed by atoms with Crippen LogP contribution in [-0.2, 0) is 4.74 Å². The van der Waals surface area contributed by atoms with Crippen LogP contribution in [0.1, 0.15) is 44.2 Å². The van der Waals surface area contributed by atoms with Gasteiger partial charge in [-0.05, 0) is 42.7 Å². The lowest BCUT2D eigenvalue weighted by molar-refractivity contribution is 0.131. The Morgan fingerprint density at radius 1 is 1.28 bits per heavy atom. The minimum Gasteiger partial charge on any atom is -0.364 e. The second kappa shape index (κ2) is 3.96. The number of rotatable bonds is 1. The summed E-state index contributed by atoms with van der Waals surface area (Å²) in [4.78, 5) is 0. The van der Waals surface area contributed by atoms with E-state index < -0.39 is 0 Å². The highest BCUT2D eigenvalue weighted by molar-refractivity contribution is 5.58. The molecule has 1 saturated carbocycles. The molecule has 18 heavy (non-hydrogen) atoms. The lowest BCUT2D eigenvalue weighted by atomic mass is 9.66. The zero-order valence-electron chi connectivity index (χ0n) is 11.6. The predicted octanol–water partition coefficient (Wildman–Crippen LogP) is 4.36. The van der Waals surface area contributed by atoms with E-state index in [9.17, 15) is 0 Å². The molecule has 1 atom stereocenters. The standard InChI is InChI=1S/C17H22O/c1-13-6-4-7-14(10-13)11-15-8-5-9-16(2,3)17(15)12-18-17/h4,6-7,10-11H,5,8-9,12H2,1-3H3. The molecular formula is C17H22O. The minimum atomic E-state index is 0.0506. The van der Waals surface area contributed by atoms with E-state index in [4.69, 9.17) is 4.74 Å². The maximum atomic E-state index is 5.90. The molecule has 1 aliphatic carbocycles. The van der Waals surface area contributed by atoms with Gasteiger partial charge in [-0.2, -0.15) is 0 Å². The Morgan fingerprint density at radius 2 is 2.06 bits per heavy atom. The molecule has 1 aromatic carbocycles. The molecule has 0 N–H and O–H groups in total. The van der Waals surface area contributed by atoms with Crippen LogP contribution < -0.4 is 0 Å². The monoisotopic (exact) mass is 242 g/mol. The van der Waals surface area contributed by atoms with Crippen molar-refractivity contribution in [3.8, 4) is 0 Å². The topological polar surface area (TPSA) is 12.5 Å². The summed E-state index contributed by atoms with van der Waals surface area (Å²) in [6.07, 6.45) is 6.12. The summed E-state index contributed by atoms with van der Waals surface area (Å²) in [7, 11) is 0. The van der Waals surface area contributed by atoms with Gasteiger partial charge in [-0.25, -0.2) is 0 Å². The molecular weight excluding hydrogens is 220 g/mol. The molecule has 0 bridgehead atoms. The van der Waals surface area contributed by atoms with Crippen LogP contribution in [0.25, 0.3) is 6.08 Å².